The lowest BCUT2D eigenvalue weighted by atomic mass is 10.0. The monoisotopic (exact) mass is 326 g/mol. The Morgan fingerprint density at radius 1 is 1.15 bits per heavy atom. The van der Waals surface area contributed by atoms with Gasteiger partial charge in [0.2, 0.25) is 0 Å². The minimum Gasteiger partial charge on any atom is -0.314 e. The van der Waals surface area contributed by atoms with Gasteiger partial charge in [-0.2, -0.15) is 13.2 Å². The third kappa shape index (κ3) is 4.01. The Bertz CT molecular complexity index is 439. The highest BCUT2D eigenvalue weighted by molar-refractivity contribution is 6.36. The largest absolute Gasteiger partial charge is 0.390 e. The van der Waals surface area contributed by atoms with Gasteiger partial charge in [0.05, 0.1) is 6.42 Å². The fraction of sp³-hybridized carbons (Fsp3) is 0.538. The molecule has 0 saturated carbocycles. The Labute approximate surface area is 125 Å². The van der Waals surface area contributed by atoms with Gasteiger partial charge < -0.3 is 5.32 Å². The van der Waals surface area contributed by atoms with Crippen molar-refractivity contribution in [2.24, 2.45) is 0 Å². The summed E-state index contributed by atoms with van der Waals surface area (Å²) in [5.74, 6) is 0. The van der Waals surface area contributed by atoms with Crippen molar-refractivity contribution in [1.82, 2.24) is 10.2 Å². The van der Waals surface area contributed by atoms with Crippen LogP contribution in [-0.4, -0.2) is 37.3 Å². The Morgan fingerprint density at radius 2 is 1.70 bits per heavy atom. The van der Waals surface area contributed by atoms with E-state index in [0.717, 1.165) is 0 Å². The number of benzene rings is 1. The van der Waals surface area contributed by atoms with Gasteiger partial charge in [-0.25, -0.2) is 0 Å². The number of rotatable bonds is 3. The molecule has 0 aromatic heterocycles. The first-order valence-corrected chi connectivity index (χ1v) is 7.09. The van der Waals surface area contributed by atoms with Gasteiger partial charge in [0.1, 0.15) is 0 Å². The van der Waals surface area contributed by atoms with Gasteiger partial charge in [-0.1, -0.05) is 29.3 Å². The van der Waals surface area contributed by atoms with Crippen LogP contribution >= 0.6 is 23.2 Å². The molecule has 1 atom stereocenters. The molecule has 0 radical (unpaired) electrons. The van der Waals surface area contributed by atoms with E-state index >= 15 is 0 Å². The van der Waals surface area contributed by atoms with E-state index < -0.39 is 18.6 Å². The maximum absolute atomic E-state index is 12.9. The number of halogens is 5. The molecular formula is C13H15Cl2F3N2. The molecule has 0 aliphatic carbocycles. The Morgan fingerprint density at radius 3 is 2.20 bits per heavy atom. The van der Waals surface area contributed by atoms with Crippen LogP contribution in [0.25, 0.3) is 0 Å². The molecule has 1 aromatic carbocycles. The minimum atomic E-state index is -4.27. The molecule has 0 unspecified atom stereocenters. The third-order valence-corrected chi connectivity index (χ3v) is 4.01. The van der Waals surface area contributed by atoms with Crippen molar-refractivity contribution in [2.75, 3.05) is 26.2 Å². The fourth-order valence-corrected chi connectivity index (χ4v) is 3.11. The molecule has 1 aliphatic rings. The zero-order valence-electron chi connectivity index (χ0n) is 10.7. The summed E-state index contributed by atoms with van der Waals surface area (Å²) in [6.45, 7) is 2.41. The van der Waals surface area contributed by atoms with Crippen LogP contribution in [0.5, 0.6) is 0 Å². The van der Waals surface area contributed by atoms with Gasteiger partial charge in [0.25, 0.3) is 0 Å². The zero-order valence-corrected chi connectivity index (χ0v) is 12.2. The van der Waals surface area contributed by atoms with Crippen LogP contribution in [0.15, 0.2) is 18.2 Å². The summed E-state index contributed by atoms with van der Waals surface area (Å²) in [4.78, 5) is 1.79. The second kappa shape index (κ2) is 6.52. The average Bonchev–Trinajstić information content (AvgIpc) is 2.37. The first-order chi connectivity index (χ1) is 9.38. The number of alkyl halides is 3. The molecule has 2 rings (SSSR count). The van der Waals surface area contributed by atoms with E-state index in [2.05, 4.69) is 5.32 Å². The highest BCUT2D eigenvalue weighted by atomic mass is 35.5. The summed E-state index contributed by atoms with van der Waals surface area (Å²) < 4.78 is 38.6. The Hall–Kier alpha value is -0.490. The molecule has 1 aliphatic heterocycles. The molecule has 0 amide bonds. The van der Waals surface area contributed by atoms with Crippen molar-refractivity contribution in [3.05, 3.63) is 33.8 Å². The van der Waals surface area contributed by atoms with Crippen LogP contribution < -0.4 is 5.32 Å². The smallest absolute Gasteiger partial charge is 0.314 e. The standard InChI is InChI=1S/C13H15Cl2F3N2/c14-9-2-1-3-10(15)12(9)11(8-13(16,17)18)20-6-4-19-5-7-20/h1-3,11,19H,4-8H2/t11-/m1/s1. The van der Waals surface area contributed by atoms with Crippen molar-refractivity contribution >= 4 is 23.2 Å². The fourth-order valence-electron chi connectivity index (χ4n) is 2.46. The van der Waals surface area contributed by atoms with Crippen LogP contribution in [-0.2, 0) is 0 Å². The van der Waals surface area contributed by atoms with Crippen molar-refractivity contribution in [3.8, 4) is 0 Å². The van der Waals surface area contributed by atoms with Gasteiger partial charge in [0, 0.05) is 47.8 Å². The quantitative estimate of drug-likeness (QED) is 0.906. The van der Waals surface area contributed by atoms with E-state index in [1.54, 1.807) is 23.1 Å². The van der Waals surface area contributed by atoms with E-state index in [0.29, 0.717) is 31.7 Å². The molecular weight excluding hydrogens is 312 g/mol. The van der Waals surface area contributed by atoms with E-state index in [1.807, 2.05) is 0 Å². The van der Waals surface area contributed by atoms with E-state index in [-0.39, 0.29) is 10.0 Å². The van der Waals surface area contributed by atoms with Gasteiger partial charge in [-0.05, 0) is 12.1 Å². The normalized spacial score (nSPS) is 19.1. The van der Waals surface area contributed by atoms with E-state index in [4.69, 9.17) is 23.2 Å². The summed E-state index contributed by atoms with van der Waals surface area (Å²) >= 11 is 12.2. The van der Waals surface area contributed by atoms with E-state index in [9.17, 15) is 13.2 Å². The van der Waals surface area contributed by atoms with E-state index in [1.165, 1.54) is 0 Å². The molecule has 0 bridgehead atoms. The van der Waals surface area contributed by atoms with Crippen LogP contribution in [0, 0.1) is 0 Å². The molecule has 1 fully saturated rings. The minimum absolute atomic E-state index is 0.283. The van der Waals surface area contributed by atoms with Crippen molar-refractivity contribution in [2.45, 2.75) is 18.6 Å². The third-order valence-electron chi connectivity index (χ3n) is 3.35. The van der Waals surface area contributed by atoms with Crippen LogP contribution in [0.4, 0.5) is 13.2 Å². The second-order valence-electron chi connectivity index (χ2n) is 4.76. The Kier molecular flexibility index (Phi) is 5.18. The maximum atomic E-state index is 12.9. The highest BCUT2D eigenvalue weighted by Gasteiger charge is 2.37. The zero-order chi connectivity index (χ0) is 14.8. The summed E-state index contributed by atoms with van der Waals surface area (Å²) in [7, 11) is 0. The van der Waals surface area contributed by atoms with Crippen LogP contribution in [0.3, 0.4) is 0 Å². The molecule has 1 saturated heterocycles. The summed E-state index contributed by atoms with van der Waals surface area (Å²) in [6.07, 6.45) is -5.21. The molecule has 7 heteroatoms. The van der Waals surface area contributed by atoms with Crippen LogP contribution in [0.2, 0.25) is 10.0 Å². The number of nitrogens with zero attached hydrogens (tertiary/aromatic N) is 1. The molecule has 1 N–H and O–H groups in total. The van der Waals surface area contributed by atoms with Crippen molar-refractivity contribution in [1.29, 1.82) is 0 Å². The molecule has 1 aromatic rings. The first-order valence-electron chi connectivity index (χ1n) is 6.34. The summed E-state index contributed by atoms with van der Waals surface area (Å²) in [6, 6.07) is 3.96. The van der Waals surface area contributed by atoms with Gasteiger partial charge in [0.15, 0.2) is 0 Å². The molecule has 112 valence electrons. The SMILES string of the molecule is FC(F)(F)C[C@H](c1c(Cl)cccc1Cl)N1CCNCC1. The lowest BCUT2D eigenvalue weighted by Gasteiger charge is -2.36. The molecule has 0 spiro atoms. The summed E-state index contributed by atoms with van der Waals surface area (Å²) in [5, 5.41) is 3.69. The number of piperazine rings is 1. The lowest BCUT2D eigenvalue weighted by Crippen LogP contribution is -2.46. The van der Waals surface area contributed by atoms with Crippen LogP contribution in [0.1, 0.15) is 18.0 Å². The number of hydrogen-bond donors (Lipinski definition) is 1. The van der Waals surface area contributed by atoms with Crippen molar-refractivity contribution < 1.29 is 13.2 Å². The predicted molar refractivity (Wildman–Crippen MR) is 74.3 cm³/mol. The average molecular weight is 327 g/mol. The Balaban J connectivity index is 2.34. The van der Waals surface area contributed by atoms with Gasteiger partial charge in [-0.15, -0.1) is 0 Å². The predicted octanol–water partition coefficient (Wildman–Crippen LogP) is 3.89. The molecule has 1 heterocycles. The second-order valence-corrected chi connectivity index (χ2v) is 5.57. The number of nitrogens with one attached hydrogen (secondary N) is 1. The highest BCUT2D eigenvalue weighted by Crippen LogP contribution is 2.40. The van der Waals surface area contributed by atoms with Gasteiger partial charge >= 0.3 is 6.18 Å². The van der Waals surface area contributed by atoms with Gasteiger partial charge in [-0.3, -0.25) is 4.90 Å². The maximum Gasteiger partial charge on any atom is 0.390 e. The molecule has 20 heavy (non-hydrogen) atoms. The lowest BCUT2D eigenvalue weighted by molar-refractivity contribution is -0.148. The number of hydrogen-bond acceptors (Lipinski definition) is 2. The van der Waals surface area contributed by atoms with Crippen molar-refractivity contribution in [3.63, 3.8) is 0 Å². The first kappa shape index (κ1) is 15.9. The summed E-state index contributed by atoms with van der Waals surface area (Å²) in [5.41, 5.74) is 0.370. The molecule has 2 nitrogen and oxygen atoms in total. The topological polar surface area (TPSA) is 15.3 Å².